The quantitative estimate of drug-likeness (QED) is 0.812. The normalized spacial score (nSPS) is 15.1. The van der Waals surface area contributed by atoms with Crippen LogP contribution in [0.5, 0.6) is 5.75 Å². The molecule has 1 heterocycles. The fourth-order valence-corrected chi connectivity index (χ4v) is 2.82. The molecule has 2 aromatic carbocycles. The SMILES string of the molecule is CCOC(=O)CCc1ccc2c(c1)NC(c1ccc(N(C)C)cc1)O2. The highest BCUT2D eigenvalue weighted by Gasteiger charge is 2.23. The monoisotopic (exact) mass is 340 g/mol. The maximum Gasteiger partial charge on any atom is 0.306 e. The van der Waals surface area contributed by atoms with E-state index in [-0.39, 0.29) is 12.2 Å². The third-order valence-electron chi connectivity index (χ3n) is 4.21. The van der Waals surface area contributed by atoms with Crippen molar-refractivity contribution in [2.45, 2.75) is 26.0 Å². The smallest absolute Gasteiger partial charge is 0.306 e. The van der Waals surface area contributed by atoms with Gasteiger partial charge in [-0.2, -0.15) is 0 Å². The van der Waals surface area contributed by atoms with Crippen molar-refractivity contribution in [1.82, 2.24) is 0 Å². The standard InChI is InChI=1S/C20H24N2O3/c1-4-24-19(23)12-6-14-5-11-18-17(13-14)21-20(25-18)15-7-9-16(10-8-15)22(2)3/h5,7-11,13,20-21H,4,6,12H2,1-3H3. The van der Waals surface area contributed by atoms with Crippen LogP contribution >= 0.6 is 0 Å². The number of hydrogen-bond donors (Lipinski definition) is 1. The van der Waals surface area contributed by atoms with E-state index < -0.39 is 0 Å². The summed E-state index contributed by atoms with van der Waals surface area (Å²) in [5.41, 5.74) is 4.28. The van der Waals surface area contributed by atoms with E-state index in [9.17, 15) is 4.79 Å². The van der Waals surface area contributed by atoms with Crippen molar-refractivity contribution in [3.05, 3.63) is 53.6 Å². The van der Waals surface area contributed by atoms with E-state index >= 15 is 0 Å². The molecule has 25 heavy (non-hydrogen) atoms. The zero-order valence-corrected chi connectivity index (χ0v) is 14.9. The first-order chi connectivity index (χ1) is 12.1. The Morgan fingerprint density at radius 3 is 2.64 bits per heavy atom. The molecule has 3 rings (SSSR count). The average Bonchev–Trinajstić information content (AvgIpc) is 3.03. The molecule has 1 atom stereocenters. The molecule has 0 radical (unpaired) electrons. The molecule has 0 saturated carbocycles. The van der Waals surface area contributed by atoms with Crippen LogP contribution in [0.3, 0.4) is 0 Å². The molecule has 1 N–H and O–H groups in total. The lowest BCUT2D eigenvalue weighted by Gasteiger charge is -2.15. The number of nitrogens with one attached hydrogen (secondary N) is 1. The summed E-state index contributed by atoms with van der Waals surface area (Å²) in [4.78, 5) is 13.6. The lowest BCUT2D eigenvalue weighted by atomic mass is 10.1. The molecule has 0 bridgehead atoms. The van der Waals surface area contributed by atoms with Gasteiger partial charge < -0.3 is 19.7 Å². The Hall–Kier alpha value is -2.69. The number of carbonyl (C=O) groups is 1. The van der Waals surface area contributed by atoms with Gasteiger partial charge in [0.2, 0.25) is 0 Å². The fraction of sp³-hybridized carbons (Fsp3) is 0.350. The maximum absolute atomic E-state index is 11.5. The number of esters is 1. The number of carbonyl (C=O) groups excluding carboxylic acids is 1. The van der Waals surface area contributed by atoms with Crippen LogP contribution in [0.1, 0.15) is 30.7 Å². The second-order valence-corrected chi connectivity index (χ2v) is 6.26. The lowest BCUT2D eigenvalue weighted by Crippen LogP contribution is -2.12. The van der Waals surface area contributed by atoms with E-state index in [1.165, 1.54) is 0 Å². The molecule has 1 unspecified atom stereocenters. The molecule has 0 amide bonds. The van der Waals surface area contributed by atoms with Crippen molar-refractivity contribution < 1.29 is 14.3 Å². The van der Waals surface area contributed by atoms with Gasteiger partial charge in [-0.3, -0.25) is 4.79 Å². The van der Waals surface area contributed by atoms with E-state index in [1.54, 1.807) is 0 Å². The van der Waals surface area contributed by atoms with Crippen LogP contribution in [-0.2, 0) is 16.0 Å². The number of benzene rings is 2. The van der Waals surface area contributed by atoms with Gasteiger partial charge in [-0.05, 0) is 43.2 Å². The van der Waals surface area contributed by atoms with Crippen LogP contribution in [0.25, 0.3) is 0 Å². The summed E-state index contributed by atoms with van der Waals surface area (Å²) >= 11 is 0. The Labute approximate surface area is 148 Å². The van der Waals surface area contributed by atoms with E-state index in [2.05, 4.69) is 34.5 Å². The van der Waals surface area contributed by atoms with Gasteiger partial charge in [0, 0.05) is 31.8 Å². The molecule has 0 aliphatic carbocycles. The molecule has 0 spiro atoms. The summed E-state index contributed by atoms with van der Waals surface area (Å²) in [5, 5.41) is 3.40. The summed E-state index contributed by atoms with van der Waals surface area (Å²) in [6.45, 7) is 2.24. The highest BCUT2D eigenvalue weighted by Crippen LogP contribution is 2.38. The van der Waals surface area contributed by atoms with Crippen LogP contribution in [0, 0.1) is 0 Å². The largest absolute Gasteiger partial charge is 0.466 e. The zero-order chi connectivity index (χ0) is 17.8. The molecule has 5 heteroatoms. The molecule has 5 nitrogen and oxygen atoms in total. The molecule has 1 aliphatic heterocycles. The van der Waals surface area contributed by atoms with Gasteiger partial charge >= 0.3 is 5.97 Å². The van der Waals surface area contributed by atoms with Crippen LogP contribution < -0.4 is 15.0 Å². The summed E-state index contributed by atoms with van der Waals surface area (Å²) < 4.78 is 11.0. The minimum absolute atomic E-state index is 0.161. The van der Waals surface area contributed by atoms with Gasteiger partial charge in [0.25, 0.3) is 0 Å². The number of nitrogens with zero attached hydrogens (tertiary/aromatic N) is 1. The Morgan fingerprint density at radius 1 is 1.20 bits per heavy atom. The first-order valence-corrected chi connectivity index (χ1v) is 8.56. The average molecular weight is 340 g/mol. The lowest BCUT2D eigenvalue weighted by molar-refractivity contribution is -0.143. The van der Waals surface area contributed by atoms with E-state index in [0.717, 1.165) is 28.3 Å². The number of anilines is 2. The highest BCUT2D eigenvalue weighted by atomic mass is 16.5. The van der Waals surface area contributed by atoms with Gasteiger partial charge in [0.05, 0.1) is 12.3 Å². The molecular formula is C20H24N2O3. The first kappa shape index (κ1) is 17.1. The Kier molecular flexibility index (Phi) is 5.12. The number of fused-ring (bicyclic) bond motifs is 1. The first-order valence-electron chi connectivity index (χ1n) is 8.56. The van der Waals surface area contributed by atoms with Crippen molar-refractivity contribution in [3.8, 4) is 5.75 Å². The van der Waals surface area contributed by atoms with Gasteiger partial charge in [-0.15, -0.1) is 0 Å². The molecule has 0 saturated heterocycles. The van der Waals surface area contributed by atoms with Gasteiger partial charge in [0.1, 0.15) is 5.75 Å². The minimum atomic E-state index is -0.188. The van der Waals surface area contributed by atoms with Crippen LogP contribution in [0.2, 0.25) is 0 Å². The number of ether oxygens (including phenoxy) is 2. The van der Waals surface area contributed by atoms with Crippen LogP contribution in [-0.4, -0.2) is 26.7 Å². The van der Waals surface area contributed by atoms with E-state index in [1.807, 2.05) is 39.2 Å². The summed E-state index contributed by atoms with van der Waals surface area (Å²) in [6.07, 6.45) is 0.866. The second kappa shape index (κ2) is 7.47. The van der Waals surface area contributed by atoms with Crippen LogP contribution in [0.4, 0.5) is 11.4 Å². The van der Waals surface area contributed by atoms with Crippen molar-refractivity contribution in [3.63, 3.8) is 0 Å². The van der Waals surface area contributed by atoms with Gasteiger partial charge in [-0.1, -0.05) is 18.2 Å². The zero-order valence-electron chi connectivity index (χ0n) is 14.9. The van der Waals surface area contributed by atoms with E-state index in [4.69, 9.17) is 9.47 Å². The van der Waals surface area contributed by atoms with Crippen LogP contribution in [0.15, 0.2) is 42.5 Å². The molecule has 1 aliphatic rings. The maximum atomic E-state index is 11.5. The van der Waals surface area contributed by atoms with Crippen molar-refractivity contribution in [2.24, 2.45) is 0 Å². The number of hydrogen-bond acceptors (Lipinski definition) is 5. The van der Waals surface area contributed by atoms with E-state index in [0.29, 0.717) is 19.4 Å². The molecule has 0 aromatic heterocycles. The van der Waals surface area contributed by atoms with Crippen molar-refractivity contribution >= 4 is 17.3 Å². The molecule has 132 valence electrons. The molecular weight excluding hydrogens is 316 g/mol. The predicted octanol–water partition coefficient (Wildman–Crippen LogP) is 3.75. The van der Waals surface area contributed by atoms with Crippen molar-refractivity contribution in [2.75, 3.05) is 30.9 Å². The number of aryl methyl sites for hydroxylation is 1. The highest BCUT2D eigenvalue weighted by molar-refractivity contribution is 5.70. The predicted molar refractivity (Wildman–Crippen MR) is 99.2 cm³/mol. The minimum Gasteiger partial charge on any atom is -0.466 e. The Morgan fingerprint density at radius 2 is 1.96 bits per heavy atom. The summed E-state index contributed by atoms with van der Waals surface area (Å²) in [5.74, 6) is 0.674. The second-order valence-electron chi connectivity index (χ2n) is 6.26. The number of rotatable bonds is 6. The van der Waals surface area contributed by atoms with Gasteiger partial charge in [0.15, 0.2) is 6.23 Å². The summed E-state index contributed by atoms with van der Waals surface area (Å²) in [7, 11) is 4.04. The molecule has 2 aromatic rings. The Balaban J connectivity index is 1.65. The molecule has 0 fully saturated rings. The third-order valence-corrected chi connectivity index (χ3v) is 4.21. The third kappa shape index (κ3) is 4.05. The topological polar surface area (TPSA) is 50.8 Å². The van der Waals surface area contributed by atoms with Crippen molar-refractivity contribution in [1.29, 1.82) is 0 Å². The van der Waals surface area contributed by atoms with Gasteiger partial charge in [-0.25, -0.2) is 0 Å². The Bertz CT molecular complexity index is 741. The fourth-order valence-electron chi connectivity index (χ4n) is 2.82. The summed E-state index contributed by atoms with van der Waals surface area (Å²) in [6, 6.07) is 14.3.